The SMILES string of the molecule is C[C@@H](Oc1ccc(Cl)cc1)C(=O)NC1CCN(CC(N)=O)CC1. The molecule has 1 atom stereocenters. The van der Waals surface area contributed by atoms with Gasteiger partial charge < -0.3 is 15.8 Å². The fraction of sp³-hybridized carbons (Fsp3) is 0.500. The third-order valence-electron chi connectivity index (χ3n) is 3.81. The Bertz CT molecular complexity index is 542. The van der Waals surface area contributed by atoms with Crippen molar-refractivity contribution in [2.24, 2.45) is 5.73 Å². The Kier molecular flexibility index (Phi) is 6.24. The average molecular weight is 340 g/mol. The summed E-state index contributed by atoms with van der Waals surface area (Å²) in [6.45, 7) is 3.49. The van der Waals surface area contributed by atoms with Crippen molar-refractivity contribution in [3.8, 4) is 5.75 Å². The number of benzene rings is 1. The van der Waals surface area contributed by atoms with E-state index in [-0.39, 0.29) is 24.4 Å². The fourth-order valence-corrected chi connectivity index (χ4v) is 2.67. The Balaban J connectivity index is 1.76. The highest BCUT2D eigenvalue weighted by atomic mass is 35.5. The van der Waals surface area contributed by atoms with E-state index in [9.17, 15) is 9.59 Å². The predicted octanol–water partition coefficient (Wildman–Crippen LogP) is 1.17. The number of carbonyl (C=O) groups is 2. The van der Waals surface area contributed by atoms with Crippen molar-refractivity contribution >= 4 is 23.4 Å². The van der Waals surface area contributed by atoms with Crippen LogP contribution in [0.1, 0.15) is 19.8 Å². The fourth-order valence-electron chi connectivity index (χ4n) is 2.55. The molecule has 0 radical (unpaired) electrons. The minimum atomic E-state index is -0.583. The van der Waals surface area contributed by atoms with Gasteiger partial charge >= 0.3 is 0 Å². The first-order valence-electron chi connectivity index (χ1n) is 7.67. The lowest BCUT2D eigenvalue weighted by molar-refractivity contribution is -0.128. The highest BCUT2D eigenvalue weighted by Gasteiger charge is 2.24. The van der Waals surface area contributed by atoms with E-state index in [1.165, 1.54) is 0 Å². The van der Waals surface area contributed by atoms with Gasteiger partial charge in [0.25, 0.3) is 5.91 Å². The van der Waals surface area contributed by atoms with Crippen LogP contribution in [0.5, 0.6) is 5.75 Å². The summed E-state index contributed by atoms with van der Waals surface area (Å²) in [5, 5.41) is 3.61. The van der Waals surface area contributed by atoms with Gasteiger partial charge in [-0.05, 0) is 44.0 Å². The summed E-state index contributed by atoms with van der Waals surface area (Å²) >= 11 is 5.82. The zero-order valence-electron chi connectivity index (χ0n) is 13.1. The number of halogens is 1. The zero-order chi connectivity index (χ0) is 16.8. The van der Waals surface area contributed by atoms with Crippen molar-refractivity contribution in [2.45, 2.75) is 31.9 Å². The van der Waals surface area contributed by atoms with Crippen LogP contribution in [0, 0.1) is 0 Å². The normalized spacial score (nSPS) is 17.5. The standard InChI is InChI=1S/C16H22ClN3O3/c1-11(23-14-4-2-12(17)3-5-14)16(22)19-13-6-8-20(9-7-13)10-15(18)21/h2-5,11,13H,6-10H2,1H3,(H2,18,21)(H,19,22)/t11-/m1/s1. The molecule has 2 rings (SSSR count). The molecule has 1 aromatic rings. The number of piperidine rings is 1. The first-order valence-corrected chi connectivity index (χ1v) is 8.05. The molecule has 0 aliphatic carbocycles. The minimum Gasteiger partial charge on any atom is -0.481 e. The quantitative estimate of drug-likeness (QED) is 0.815. The van der Waals surface area contributed by atoms with Gasteiger partial charge in [0, 0.05) is 24.2 Å². The molecule has 0 saturated carbocycles. The van der Waals surface area contributed by atoms with Crippen LogP contribution in [0.25, 0.3) is 0 Å². The third-order valence-corrected chi connectivity index (χ3v) is 4.06. The first kappa shape index (κ1) is 17.6. The summed E-state index contributed by atoms with van der Waals surface area (Å²) in [5.41, 5.74) is 5.19. The number of ether oxygens (including phenoxy) is 1. The van der Waals surface area contributed by atoms with Gasteiger partial charge in [-0.25, -0.2) is 0 Å². The third kappa shape index (κ3) is 5.73. The average Bonchev–Trinajstić information content (AvgIpc) is 2.51. The second-order valence-electron chi connectivity index (χ2n) is 5.74. The Morgan fingerprint density at radius 2 is 1.96 bits per heavy atom. The molecule has 1 saturated heterocycles. The number of carbonyl (C=O) groups excluding carboxylic acids is 2. The molecule has 23 heavy (non-hydrogen) atoms. The maximum absolute atomic E-state index is 12.2. The van der Waals surface area contributed by atoms with Gasteiger partial charge in [0.2, 0.25) is 5.91 Å². The van der Waals surface area contributed by atoms with Crippen molar-refractivity contribution in [1.82, 2.24) is 10.2 Å². The molecule has 1 aliphatic heterocycles. The van der Waals surface area contributed by atoms with Crippen LogP contribution in [0.3, 0.4) is 0 Å². The summed E-state index contributed by atoms with van der Waals surface area (Å²) < 4.78 is 5.60. The van der Waals surface area contributed by atoms with Crippen molar-refractivity contribution in [3.63, 3.8) is 0 Å². The van der Waals surface area contributed by atoms with E-state index in [1.54, 1.807) is 31.2 Å². The van der Waals surface area contributed by atoms with Crippen molar-refractivity contribution in [2.75, 3.05) is 19.6 Å². The van der Waals surface area contributed by atoms with Crippen LogP contribution in [0.2, 0.25) is 5.02 Å². The number of nitrogens with zero attached hydrogens (tertiary/aromatic N) is 1. The summed E-state index contributed by atoms with van der Waals surface area (Å²) in [4.78, 5) is 25.1. The molecular weight excluding hydrogens is 318 g/mol. The number of nitrogens with one attached hydrogen (secondary N) is 1. The van der Waals surface area contributed by atoms with E-state index in [2.05, 4.69) is 5.32 Å². The lowest BCUT2D eigenvalue weighted by atomic mass is 10.0. The maximum atomic E-state index is 12.2. The second kappa shape index (κ2) is 8.17. The van der Waals surface area contributed by atoms with Crippen molar-refractivity contribution in [1.29, 1.82) is 0 Å². The van der Waals surface area contributed by atoms with E-state index < -0.39 is 6.10 Å². The van der Waals surface area contributed by atoms with Crippen LogP contribution in [0.4, 0.5) is 0 Å². The number of hydrogen-bond donors (Lipinski definition) is 2. The van der Waals surface area contributed by atoms with Gasteiger partial charge in [-0.2, -0.15) is 0 Å². The Morgan fingerprint density at radius 3 is 2.52 bits per heavy atom. The Morgan fingerprint density at radius 1 is 1.35 bits per heavy atom. The molecule has 7 heteroatoms. The molecule has 1 aromatic carbocycles. The molecule has 0 bridgehead atoms. The molecule has 1 heterocycles. The number of amides is 2. The van der Waals surface area contributed by atoms with E-state index >= 15 is 0 Å². The molecular formula is C16H22ClN3O3. The number of nitrogens with two attached hydrogens (primary N) is 1. The molecule has 0 unspecified atom stereocenters. The summed E-state index contributed by atoms with van der Waals surface area (Å²) in [6, 6.07) is 7.00. The molecule has 0 aromatic heterocycles. The van der Waals surface area contributed by atoms with Gasteiger partial charge in [0.05, 0.1) is 6.54 Å². The largest absolute Gasteiger partial charge is 0.481 e. The van der Waals surface area contributed by atoms with Gasteiger partial charge in [-0.3, -0.25) is 14.5 Å². The van der Waals surface area contributed by atoms with Crippen LogP contribution >= 0.6 is 11.6 Å². The van der Waals surface area contributed by atoms with E-state index in [0.717, 1.165) is 25.9 Å². The molecule has 2 amide bonds. The smallest absolute Gasteiger partial charge is 0.260 e. The number of primary amides is 1. The minimum absolute atomic E-state index is 0.0999. The highest BCUT2D eigenvalue weighted by Crippen LogP contribution is 2.17. The molecule has 126 valence electrons. The van der Waals surface area contributed by atoms with Gasteiger partial charge in [0.15, 0.2) is 6.10 Å². The van der Waals surface area contributed by atoms with E-state index in [4.69, 9.17) is 22.1 Å². The van der Waals surface area contributed by atoms with Gasteiger partial charge in [-0.15, -0.1) is 0 Å². The second-order valence-corrected chi connectivity index (χ2v) is 6.18. The Hall–Kier alpha value is -1.79. The lowest BCUT2D eigenvalue weighted by Gasteiger charge is -2.32. The highest BCUT2D eigenvalue weighted by molar-refractivity contribution is 6.30. The zero-order valence-corrected chi connectivity index (χ0v) is 13.9. The van der Waals surface area contributed by atoms with Crippen molar-refractivity contribution in [3.05, 3.63) is 29.3 Å². The lowest BCUT2D eigenvalue weighted by Crippen LogP contribution is -2.49. The van der Waals surface area contributed by atoms with Crippen LogP contribution in [-0.2, 0) is 9.59 Å². The van der Waals surface area contributed by atoms with Gasteiger partial charge in [0.1, 0.15) is 5.75 Å². The number of rotatable bonds is 6. The summed E-state index contributed by atoms with van der Waals surface area (Å²) in [7, 11) is 0. The molecule has 3 N–H and O–H groups in total. The summed E-state index contributed by atoms with van der Waals surface area (Å²) in [5.74, 6) is 0.138. The topological polar surface area (TPSA) is 84.7 Å². The molecule has 1 aliphatic rings. The van der Waals surface area contributed by atoms with E-state index in [0.29, 0.717) is 10.8 Å². The molecule has 6 nitrogen and oxygen atoms in total. The number of hydrogen-bond acceptors (Lipinski definition) is 4. The van der Waals surface area contributed by atoms with Crippen molar-refractivity contribution < 1.29 is 14.3 Å². The molecule has 0 spiro atoms. The first-order chi connectivity index (χ1) is 10.9. The van der Waals surface area contributed by atoms with Crippen LogP contribution < -0.4 is 15.8 Å². The van der Waals surface area contributed by atoms with Crippen LogP contribution in [0.15, 0.2) is 24.3 Å². The monoisotopic (exact) mass is 339 g/mol. The predicted molar refractivity (Wildman–Crippen MR) is 88.3 cm³/mol. The molecule has 1 fully saturated rings. The van der Waals surface area contributed by atoms with E-state index in [1.807, 2.05) is 4.90 Å². The summed E-state index contributed by atoms with van der Waals surface area (Å²) in [6.07, 6.45) is 1.01. The Labute approximate surface area is 140 Å². The maximum Gasteiger partial charge on any atom is 0.260 e. The number of likely N-dealkylation sites (tertiary alicyclic amines) is 1. The van der Waals surface area contributed by atoms with Gasteiger partial charge in [-0.1, -0.05) is 11.6 Å². The van der Waals surface area contributed by atoms with Crippen LogP contribution in [-0.4, -0.2) is 48.5 Å².